The number of aromatic nitrogens is 1. The van der Waals surface area contributed by atoms with Crippen LogP contribution < -0.4 is 0 Å². The van der Waals surface area contributed by atoms with Gasteiger partial charge < -0.3 is 9.21 Å². The summed E-state index contributed by atoms with van der Waals surface area (Å²) in [4.78, 5) is 15.8. The van der Waals surface area contributed by atoms with Crippen molar-refractivity contribution in [2.75, 3.05) is 7.11 Å². The Bertz CT molecular complexity index is 603. The Kier molecular flexibility index (Phi) is 3.64. The zero-order chi connectivity index (χ0) is 14.0. The number of nitrogens with zero attached hydrogens (tertiary/aromatic N) is 2. The molecule has 98 valence electrons. The van der Waals surface area contributed by atoms with Gasteiger partial charge in [-0.3, -0.25) is 18.4 Å². The lowest BCUT2D eigenvalue weighted by Gasteiger charge is -2.08. The first kappa shape index (κ1) is 13.3. The van der Waals surface area contributed by atoms with Gasteiger partial charge in [0.2, 0.25) is 0 Å². The van der Waals surface area contributed by atoms with Crippen molar-refractivity contribution in [3.05, 3.63) is 41.6 Å². The van der Waals surface area contributed by atoms with Crippen molar-refractivity contribution >= 4 is 25.0 Å². The van der Waals surface area contributed by atoms with Crippen molar-refractivity contribution in [2.24, 2.45) is 4.99 Å². The van der Waals surface area contributed by atoms with Gasteiger partial charge in [0.25, 0.3) is 0 Å². The molecule has 4 nitrogen and oxygen atoms in total. The highest BCUT2D eigenvalue weighted by Crippen LogP contribution is 2.26. The van der Waals surface area contributed by atoms with E-state index in [2.05, 4.69) is 4.99 Å². The SMILES string of the molecule is COC1=C/C(=C(\C(C)=O)c2cccn2B(F)F)N=C1. The molecule has 0 atom stereocenters. The lowest BCUT2D eigenvalue weighted by molar-refractivity contribution is -0.111. The Morgan fingerprint density at radius 2 is 2.21 bits per heavy atom. The van der Waals surface area contributed by atoms with Crippen LogP contribution in [0.5, 0.6) is 0 Å². The number of Topliss-reactive ketones (excluding diaryl/α,β-unsaturated/α-hetero) is 1. The number of carbonyl (C=O) groups excluding carboxylic acids is 1. The lowest BCUT2D eigenvalue weighted by atomic mass is 10.0. The second-order valence-corrected chi connectivity index (χ2v) is 3.90. The molecule has 19 heavy (non-hydrogen) atoms. The predicted molar refractivity (Wildman–Crippen MR) is 69.0 cm³/mol. The number of halogens is 2. The second-order valence-electron chi connectivity index (χ2n) is 3.90. The first-order valence-corrected chi connectivity index (χ1v) is 5.55. The van der Waals surface area contributed by atoms with E-state index in [4.69, 9.17) is 4.74 Å². The Hall–Kier alpha value is -2.18. The molecule has 2 rings (SSSR count). The molecule has 1 aliphatic rings. The van der Waals surface area contributed by atoms with Crippen LogP contribution in [0.15, 0.2) is 40.9 Å². The fourth-order valence-corrected chi connectivity index (χ4v) is 1.86. The smallest absolute Gasteiger partial charge is 0.495 e. The first-order chi connectivity index (χ1) is 9.04. The number of aliphatic imine (C=N–C) groups is 1. The molecule has 0 bridgehead atoms. The highest BCUT2D eigenvalue weighted by molar-refractivity contribution is 6.42. The van der Waals surface area contributed by atoms with Gasteiger partial charge in [0, 0.05) is 11.8 Å². The Labute approximate surface area is 109 Å². The molecule has 0 fully saturated rings. The molecule has 0 saturated heterocycles. The monoisotopic (exact) mass is 264 g/mol. The summed E-state index contributed by atoms with van der Waals surface area (Å²) in [5.41, 5.74) is 0.613. The maximum Gasteiger partial charge on any atom is 0.677 e. The highest BCUT2D eigenvalue weighted by Gasteiger charge is 2.25. The third-order valence-electron chi connectivity index (χ3n) is 2.70. The minimum atomic E-state index is -2.71. The normalized spacial score (nSPS) is 16.3. The number of ketones is 1. The molecule has 0 saturated carbocycles. The van der Waals surface area contributed by atoms with Crippen molar-refractivity contribution in [1.29, 1.82) is 0 Å². The number of ether oxygens (including phenoxy) is 1. The molecule has 1 aliphatic heterocycles. The molecule has 0 unspecified atom stereocenters. The van der Waals surface area contributed by atoms with Crippen LogP contribution in [0.3, 0.4) is 0 Å². The predicted octanol–water partition coefficient (Wildman–Crippen LogP) is 2.17. The summed E-state index contributed by atoms with van der Waals surface area (Å²) in [6.07, 6.45) is 4.20. The van der Waals surface area contributed by atoms with Crippen LogP contribution in [0.2, 0.25) is 0 Å². The summed E-state index contributed by atoms with van der Waals surface area (Å²) < 4.78 is 31.4. The summed E-state index contributed by atoms with van der Waals surface area (Å²) in [7, 11) is -1.24. The molecule has 0 aliphatic carbocycles. The van der Waals surface area contributed by atoms with Crippen molar-refractivity contribution in [3.63, 3.8) is 0 Å². The maximum atomic E-state index is 12.9. The third kappa shape index (κ3) is 2.49. The Morgan fingerprint density at radius 1 is 1.47 bits per heavy atom. The molecule has 0 amide bonds. The van der Waals surface area contributed by atoms with Gasteiger partial charge in [-0.2, -0.15) is 0 Å². The topological polar surface area (TPSA) is 43.6 Å². The fraction of sp³-hybridized carbons (Fsp3) is 0.167. The maximum absolute atomic E-state index is 12.9. The van der Waals surface area contributed by atoms with E-state index in [1.54, 1.807) is 6.08 Å². The number of allylic oxidation sites excluding steroid dienone is 3. The molecule has 1 aromatic rings. The largest absolute Gasteiger partial charge is 0.677 e. The second kappa shape index (κ2) is 5.21. The molecule has 0 aromatic carbocycles. The number of rotatable bonds is 4. The Morgan fingerprint density at radius 3 is 2.74 bits per heavy atom. The van der Waals surface area contributed by atoms with Crippen LogP contribution in [0.25, 0.3) is 5.57 Å². The molecule has 0 N–H and O–H groups in total. The third-order valence-corrected chi connectivity index (χ3v) is 2.70. The fourth-order valence-electron chi connectivity index (χ4n) is 1.86. The summed E-state index contributed by atoms with van der Waals surface area (Å²) in [6.45, 7) is 1.32. The minimum absolute atomic E-state index is 0.142. The van der Waals surface area contributed by atoms with Gasteiger partial charge in [-0.05, 0) is 25.3 Å². The van der Waals surface area contributed by atoms with E-state index in [0.717, 1.165) is 4.48 Å². The van der Waals surface area contributed by atoms with Crippen LogP contribution in [0.1, 0.15) is 12.6 Å². The van der Waals surface area contributed by atoms with Gasteiger partial charge in [-0.1, -0.05) is 0 Å². The average Bonchev–Trinajstić information content (AvgIpc) is 2.97. The van der Waals surface area contributed by atoms with Gasteiger partial charge in [-0.15, -0.1) is 0 Å². The van der Waals surface area contributed by atoms with Gasteiger partial charge in [0.15, 0.2) is 5.78 Å². The van der Waals surface area contributed by atoms with Gasteiger partial charge in [0.05, 0.1) is 24.6 Å². The van der Waals surface area contributed by atoms with E-state index in [1.807, 2.05) is 0 Å². The molecule has 1 aromatic heterocycles. The molecule has 7 heteroatoms. The molecule has 0 spiro atoms. The van der Waals surface area contributed by atoms with E-state index < -0.39 is 7.40 Å². The first-order valence-electron chi connectivity index (χ1n) is 5.55. The van der Waals surface area contributed by atoms with Crippen molar-refractivity contribution < 1.29 is 18.2 Å². The standard InChI is InChI=1S/C12H11BF2N2O2/c1-8(18)12(10-6-9(19-2)7-16-10)11-4-3-5-17(11)13(14)15/h3-7H,1-2H3/b12-10-. The van der Waals surface area contributed by atoms with E-state index in [1.165, 1.54) is 38.6 Å². The number of methoxy groups -OCH3 is 1. The number of hydrogen-bond acceptors (Lipinski definition) is 3. The summed E-state index contributed by atoms with van der Waals surface area (Å²) in [5.74, 6) is 0.144. The number of carbonyl (C=O) groups is 1. The summed E-state index contributed by atoms with van der Waals surface area (Å²) in [6, 6.07) is 2.93. The zero-order valence-electron chi connectivity index (χ0n) is 10.4. The van der Waals surface area contributed by atoms with E-state index in [9.17, 15) is 13.4 Å². The molecule has 2 heterocycles. The van der Waals surface area contributed by atoms with Gasteiger partial charge in [-0.25, -0.2) is 0 Å². The summed E-state index contributed by atoms with van der Waals surface area (Å²) in [5, 5.41) is 0. The van der Waals surface area contributed by atoms with Crippen LogP contribution in [-0.2, 0) is 9.53 Å². The molecular formula is C12H11BF2N2O2. The average molecular weight is 264 g/mol. The van der Waals surface area contributed by atoms with E-state index in [0.29, 0.717) is 11.5 Å². The molecule has 0 radical (unpaired) electrons. The molecular weight excluding hydrogens is 253 g/mol. The van der Waals surface area contributed by atoms with Crippen LogP contribution in [-0.4, -0.2) is 31.0 Å². The van der Waals surface area contributed by atoms with Crippen LogP contribution in [0, 0.1) is 0 Å². The quantitative estimate of drug-likeness (QED) is 0.617. The highest BCUT2D eigenvalue weighted by atomic mass is 19.2. The van der Waals surface area contributed by atoms with Crippen molar-refractivity contribution in [1.82, 2.24) is 4.48 Å². The van der Waals surface area contributed by atoms with E-state index in [-0.39, 0.29) is 17.1 Å². The van der Waals surface area contributed by atoms with Gasteiger partial charge >= 0.3 is 7.40 Å². The summed E-state index contributed by atoms with van der Waals surface area (Å²) >= 11 is 0. The van der Waals surface area contributed by atoms with E-state index >= 15 is 0 Å². The Balaban J connectivity index is 2.57. The zero-order valence-corrected chi connectivity index (χ0v) is 10.4. The lowest BCUT2D eigenvalue weighted by Crippen LogP contribution is -2.16. The van der Waals surface area contributed by atoms with Crippen molar-refractivity contribution in [3.8, 4) is 0 Å². The number of hydrogen-bond donors (Lipinski definition) is 0. The van der Waals surface area contributed by atoms with Crippen LogP contribution in [0.4, 0.5) is 8.63 Å². The van der Waals surface area contributed by atoms with Gasteiger partial charge in [0.1, 0.15) is 5.76 Å². The minimum Gasteiger partial charge on any atom is -0.495 e. The van der Waals surface area contributed by atoms with Crippen LogP contribution >= 0.6 is 0 Å². The van der Waals surface area contributed by atoms with Crippen molar-refractivity contribution in [2.45, 2.75) is 6.92 Å².